The van der Waals surface area contributed by atoms with Crippen LogP contribution < -0.4 is 0 Å². The average molecular weight is 249 g/mol. The fraction of sp³-hybridized carbons (Fsp3) is 0.222. The van der Waals surface area contributed by atoms with Crippen LogP contribution in [0.4, 0.5) is 0 Å². The molecule has 0 saturated carbocycles. The summed E-state index contributed by atoms with van der Waals surface area (Å²) in [6.45, 7) is 4.48. The number of fused-ring (bicyclic) bond motifs is 1. The Hall–Kier alpha value is -2.02. The van der Waals surface area contributed by atoms with Gasteiger partial charge >= 0.3 is 0 Å². The Balaban J connectivity index is 2.33. The van der Waals surface area contributed by atoms with Crippen molar-refractivity contribution in [1.82, 2.24) is 4.57 Å². The van der Waals surface area contributed by atoms with E-state index in [1.165, 1.54) is 34.3 Å². The second kappa shape index (κ2) is 4.93. The highest BCUT2D eigenvalue weighted by Crippen LogP contribution is 2.29. The van der Waals surface area contributed by atoms with E-state index in [-0.39, 0.29) is 0 Å². The summed E-state index contributed by atoms with van der Waals surface area (Å²) in [5.41, 5.74) is 5.42. The third-order valence-electron chi connectivity index (χ3n) is 3.76. The third kappa shape index (κ3) is 1.95. The van der Waals surface area contributed by atoms with Gasteiger partial charge in [-0.1, -0.05) is 49.7 Å². The molecule has 0 aliphatic rings. The Morgan fingerprint density at radius 1 is 0.895 bits per heavy atom. The first-order valence-electron chi connectivity index (χ1n) is 6.97. The van der Waals surface area contributed by atoms with Crippen LogP contribution in [0.5, 0.6) is 0 Å². The van der Waals surface area contributed by atoms with Crippen LogP contribution in [-0.4, -0.2) is 4.57 Å². The molecule has 1 heteroatoms. The van der Waals surface area contributed by atoms with E-state index >= 15 is 0 Å². The molecule has 0 saturated heterocycles. The van der Waals surface area contributed by atoms with Crippen molar-refractivity contribution in [2.24, 2.45) is 0 Å². The van der Waals surface area contributed by atoms with Gasteiger partial charge in [0.25, 0.3) is 0 Å². The van der Waals surface area contributed by atoms with Gasteiger partial charge in [-0.15, -0.1) is 0 Å². The maximum Gasteiger partial charge on any atom is 0.0534 e. The number of rotatable bonds is 3. The monoisotopic (exact) mass is 249 g/mol. The number of hydrogen-bond donors (Lipinski definition) is 0. The van der Waals surface area contributed by atoms with Gasteiger partial charge in [0.2, 0.25) is 0 Å². The van der Waals surface area contributed by atoms with E-state index < -0.39 is 0 Å². The van der Waals surface area contributed by atoms with Crippen LogP contribution in [0.1, 0.15) is 24.6 Å². The highest BCUT2D eigenvalue weighted by atomic mass is 15.0. The minimum atomic E-state index is 1.15. The second-order valence-corrected chi connectivity index (χ2v) is 5.00. The van der Waals surface area contributed by atoms with Crippen molar-refractivity contribution in [3.8, 4) is 5.69 Å². The third-order valence-corrected chi connectivity index (χ3v) is 3.76. The maximum absolute atomic E-state index is 2.38. The normalized spacial score (nSPS) is 11.1. The lowest BCUT2D eigenvalue weighted by Crippen LogP contribution is -1.97. The van der Waals surface area contributed by atoms with E-state index in [1.54, 1.807) is 0 Å². The van der Waals surface area contributed by atoms with Crippen molar-refractivity contribution in [3.63, 3.8) is 0 Å². The van der Waals surface area contributed by atoms with Crippen molar-refractivity contribution < 1.29 is 0 Å². The molecule has 0 unspecified atom stereocenters. The molecule has 1 nitrogen and oxygen atoms in total. The van der Waals surface area contributed by atoms with E-state index in [1.807, 2.05) is 0 Å². The van der Waals surface area contributed by atoms with Gasteiger partial charge in [0.05, 0.1) is 5.52 Å². The fourth-order valence-electron chi connectivity index (χ4n) is 2.91. The van der Waals surface area contributed by atoms with Gasteiger partial charge in [-0.2, -0.15) is 0 Å². The molecule has 0 N–H and O–H groups in total. The molecule has 0 fully saturated rings. The molecule has 0 bridgehead atoms. The Labute approximate surface area is 114 Å². The van der Waals surface area contributed by atoms with Gasteiger partial charge in [-0.05, 0) is 37.1 Å². The van der Waals surface area contributed by atoms with Crippen LogP contribution in [-0.2, 0) is 6.42 Å². The van der Waals surface area contributed by atoms with Gasteiger partial charge in [-0.3, -0.25) is 0 Å². The van der Waals surface area contributed by atoms with Crippen LogP contribution >= 0.6 is 0 Å². The second-order valence-electron chi connectivity index (χ2n) is 5.00. The lowest BCUT2D eigenvalue weighted by molar-refractivity contribution is 0.904. The molecule has 3 aromatic rings. The van der Waals surface area contributed by atoms with E-state index in [9.17, 15) is 0 Å². The first-order valence-corrected chi connectivity index (χ1v) is 6.97. The summed E-state index contributed by atoms with van der Waals surface area (Å²) in [7, 11) is 0. The fourth-order valence-corrected chi connectivity index (χ4v) is 2.91. The Kier molecular flexibility index (Phi) is 3.12. The summed E-state index contributed by atoms with van der Waals surface area (Å²) in [4.78, 5) is 0. The summed E-state index contributed by atoms with van der Waals surface area (Å²) in [5.74, 6) is 0. The molecular formula is C18H19N. The van der Waals surface area contributed by atoms with Crippen molar-refractivity contribution >= 4 is 10.9 Å². The van der Waals surface area contributed by atoms with Crippen molar-refractivity contribution in [2.75, 3.05) is 0 Å². The lowest BCUT2D eigenvalue weighted by Gasteiger charge is -2.08. The van der Waals surface area contributed by atoms with Gasteiger partial charge < -0.3 is 4.57 Å². The van der Waals surface area contributed by atoms with Gasteiger partial charge in [-0.25, -0.2) is 0 Å². The molecule has 0 aliphatic carbocycles. The zero-order chi connectivity index (χ0) is 13.2. The van der Waals surface area contributed by atoms with Crippen LogP contribution in [0.25, 0.3) is 16.6 Å². The van der Waals surface area contributed by atoms with Gasteiger partial charge in [0, 0.05) is 16.8 Å². The minimum Gasteiger partial charge on any atom is -0.314 e. The number of aromatic nitrogens is 1. The van der Waals surface area contributed by atoms with Crippen molar-refractivity contribution in [2.45, 2.75) is 26.7 Å². The first-order chi connectivity index (χ1) is 9.33. The molecule has 0 spiro atoms. The van der Waals surface area contributed by atoms with Crippen LogP contribution in [0, 0.1) is 6.92 Å². The molecule has 96 valence electrons. The number of benzene rings is 2. The van der Waals surface area contributed by atoms with Crippen LogP contribution in [0.3, 0.4) is 0 Å². The zero-order valence-corrected chi connectivity index (χ0v) is 11.6. The standard InChI is InChI=1S/C18H19N/c1-3-9-16-14(2)19(15-10-5-4-6-11-15)18-13-8-7-12-17(16)18/h4-8,10-13H,3,9H2,1-2H3. The number of aryl methyl sites for hydroxylation is 1. The predicted molar refractivity (Wildman–Crippen MR) is 82.0 cm³/mol. The number of nitrogens with zero attached hydrogens (tertiary/aromatic N) is 1. The molecule has 3 rings (SSSR count). The molecule has 2 aromatic carbocycles. The summed E-state index contributed by atoms with van der Waals surface area (Å²) >= 11 is 0. The Bertz CT molecular complexity index is 692. The predicted octanol–water partition coefficient (Wildman–Crippen LogP) is 4.89. The molecule has 0 radical (unpaired) electrons. The van der Waals surface area contributed by atoms with Crippen molar-refractivity contribution in [3.05, 3.63) is 65.9 Å². The smallest absolute Gasteiger partial charge is 0.0534 e. The molecular weight excluding hydrogens is 230 g/mol. The quantitative estimate of drug-likeness (QED) is 0.622. The average Bonchev–Trinajstić information content (AvgIpc) is 2.73. The van der Waals surface area contributed by atoms with Gasteiger partial charge in [0.15, 0.2) is 0 Å². The summed E-state index contributed by atoms with van der Waals surface area (Å²) in [6.07, 6.45) is 2.33. The summed E-state index contributed by atoms with van der Waals surface area (Å²) in [5, 5.41) is 1.39. The minimum absolute atomic E-state index is 1.15. The summed E-state index contributed by atoms with van der Waals surface area (Å²) in [6, 6.07) is 19.3. The first kappa shape index (κ1) is 12.0. The highest BCUT2D eigenvalue weighted by Gasteiger charge is 2.13. The molecule has 19 heavy (non-hydrogen) atoms. The molecule has 0 aliphatic heterocycles. The van der Waals surface area contributed by atoms with Crippen LogP contribution in [0.2, 0.25) is 0 Å². The van der Waals surface area contributed by atoms with Crippen molar-refractivity contribution in [1.29, 1.82) is 0 Å². The molecule has 1 heterocycles. The van der Waals surface area contributed by atoms with Gasteiger partial charge in [0.1, 0.15) is 0 Å². The maximum atomic E-state index is 2.38. The largest absolute Gasteiger partial charge is 0.314 e. The zero-order valence-electron chi connectivity index (χ0n) is 11.6. The molecule has 1 aromatic heterocycles. The number of hydrogen-bond acceptors (Lipinski definition) is 0. The van der Waals surface area contributed by atoms with E-state index in [2.05, 4.69) is 73.0 Å². The number of para-hydroxylation sites is 2. The van der Waals surface area contributed by atoms with Crippen LogP contribution in [0.15, 0.2) is 54.6 Å². The Morgan fingerprint density at radius 3 is 2.32 bits per heavy atom. The topological polar surface area (TPSA) is 4.93 Å². The molecule has 0 atom stereocenters. The van der Waals surface area contributed by atoms with E-state index in [4.69, 9.17) is 0 Å². The van der Waals surface area contributed by atoms with E-state index in [0.717, 1.165) is 6.42 Å². The Morgan fingerprint density at radius 2 is 1.58 bits per heavy atom. The SMILES string of the molecule is CCCc1c(C)n(-c2ccccc2)c2ccccc12. The molecule has 0 amide bonds. The van der Waals surface area contributed by atoms with E-state index in [0.29, 0.717) is 0 Å². The summed E-state index contributed by atoms with van der Waals surface area (Å²) < 4.78 is 2.38. The lowest BCUT2D eigenvalue weighted by atomic mass is 10.1. The highest BCUT2D eigenvalue weighted by molar-refractivity contribution is 5.87.